The largest absolute Gasteiger partial charge is 0.0719 e. The summed E-state index contributed by atoms with van der Waals surface area (Å²) < 4.78 is 0. The van der Waals surface area contributed by atoms with Crippen LogP contribution in [0.1, 0.15) is 44.5 Å². The van der Waals surface area contributed by atoms with Crippen molar-refractivity contribution in [3.05, 3.63) is 154 Å². The van der Waals surface area contributed by atoms with Gasteiger partial charge < -0.3 is 0 Å². The molecule has 0 heteroatoms. The molecule has 0 nitrogen and oxygen atoms in total. The third-order valence-electron chi connectivity index (χ3n) is 8.74. The second kappa shape index (κ2) is 6.95. The number of aryl methyl sites for hydroxylation is 2. The molecule has 6 aromatic rings. The van der Waals surface area contributed by atoms with Gasteiger partial charge in [0, 0.05) is 0 Å². The molecule has 0 heterocycles. The summed E-state index contributed by atoms with van der Waals surface area (Å²) in [5, 5.41) is 5.41. The van der Waals surface area contributed by atoms with E-state index in [1.54, 1.807) is 0 Å². The first-order valence-corrected chi connectivity index (χ1v) is 12.9. The molecule has 0 fully saturated rings. The predicted octanol–water partition coefficient (Wildman–Crippen LogP) is 8.88. The first-order valence-electron chi connectivity index (χ1n) is 12.9. The molecule has 2 aliphatic rings. The van der Waals surface area contributed by atoms with Gasteiger partial charge in [-0.05, 0) is 91.9 Å². The van der Waals surface area contributed by atoms with E-state index in [-0.39, 0.29) is 5.41 Å². The number of hydrogen-bond acceptors (Lipinski definition) is 0. The molecule has 0 aliphatic heterocycles. The van der Waals surface area contributed by atoms with Crippen LogP contribution in [0.25, 0.3) is 32.7 Å². The highest BCUT2D eigenvalue weighted by Gasteiger charge is 2.50. The SMILES string of the molecule is Cc1ccc2c(c1)C1(c3ccccc3Cc3c1ccc1ccccc31)c1cc(C)c3ccccc3c1-2. The lowest BCUT2D eigenvalue weighted by Gasteiger charge is -2.41. The van der Waals surface area contributed by atoms with Crippen molar-refractivity contribution in [1.82, 2.24) is 0 Å². The minimum atomic E-state index is -0.320. The van der Waals surface area contributed by atoms with Gasteiger partial charge in [-0.25, -0.2) is 0 Å². The summed E-state index contributed by atoms with van der Waals surface area (Å²) in [6.07, 6.45) is 0.970. The first kappa shape index (κ1) is 20.1. The molecule has 0 saturated carbocycles. The zero-order valence-electron chi connectivity index (χ0n) is 20.6. The Balaban J connectivity index is 1.65. The molecular weight excluding hydrogens is 432 g/mol. The van der Waals surface area contributed by atoms with E-state index < -0.39 is 0 Å². The molecule has 8 rings (SSSR count). The van der Waals surface area contributed by atoms with Crippen LogP contribution in [0.4, 0.5) is 0 Å². The van der Waals surface area contributed by atoms with Gasteiger partial charge in [-0.2, -0.15) is 0 Å². The van der Waals surface area contributed by atoms with Crippen molar-refractivity contribution in [3.8, 4) is 11.1 Å². The number of rotatable bonds is 0. The lowest BCUT2D eigenvalue weighted by molar-refractivity contribution is 0.724. The fourth-order valence-electron chi connectivity index (χ4n) is 7.31. The van der Waals surface area contributed by atoms with Crippen molar-refractivity contribution in [1.29, 1.82) is 0 Å². The summed E-state index contributed by atoms with van der Waals surface area (Å²) in [6.45, 7) is 4.51. The van der Waals surface area contributed by atoms with E-state index in [0.717, 1.165) is 6.42 Å². The molecule has 6 aromatic carbocycles. The highest BCUT2D eigenvalue weighted by molar-refractivity contribution is 6.06. The van der Waals surface area contributed by atoms with Crippen LogP contribution in [0.15, 0.2) is 109 Å². The average Bonchev–Trinajstić information content (AvgIpc) is 3.19. The van der Waals surface area contributed by atoms with Crippen molar-refractivity contribution < 1.29 is 0 Å². The second-order valence-corrected chi connectivity index (χ2v) is 10.6. The Bertz CT molecular complexity index is 1890. The molecular formula is C36H26. The summed E-state index contributed by atoms with van der Waals surface area (Å²) >= 11 is 0. The summed E-state index contributed by atoms with van der Waals surface area (Å²) in [7, 11) is 0. The van der Waals surface area contributed by atoms with E-state index in [0.29, 0.717) is 0 Å². The highest BCUT2D eigenvalue weighted by atomic mass is 14.5. The minimum absolute atomic E-state index is 0.320. The fraction of sp³-hybridized carbons (Fsp3) is 0.111. The Labute approximate surface area is 211 Å². The van der Waals surface area contributed by atoms with E-state index in [4.69, 9.17) is 0 Å². The van der Waals surface area contributed by atoms with Crippen LogP contribution in [0, 0.1) is 13.8 Å². The lowest BCUT2D eigenvalue weighted by Crippen LogP contribution is -2.34. The third-order valence-corrected chi connectivity index (χ3v) is 8.74. The molecule has 2 aliphatic carbocycles. The number of hydrogen-bond donors (Lipinski definition) is 0. The first-order chi connectivity index (χ1) is 17.7. The molecule has 0 bridgehead atoms. The topological polar surface area (TPSA) is 0 Å². The molecule has 1 unspecified atom stereocenters. The average molecular weight is 459 g/mol. The summed E-state index contributed by atoms with van der Waals surface area (Å²) in [4.78, 5) is 0. The zero-order chi connectivity index (χ0) is 24.0. The minimum Gasteiger partial charge on any atom is -0.0620 e. The number of benzene rings is 6. The van der Waals surface area contributed by atoms with Crippen molar-refractivity contribution in [2.75, 3.05) is 0 Å². The molecule has 1 atom stereocenters. The van der Waals surface area contributed by atoms with Crippen molar-refractivity contribution in [3.63, 3.8) is 0 Å². The summed E-state index contributed by atoms with van der Waals surface area (Å²) in [5.74, 6) is 0. The van der Waals surface area contributed by atoms with Gasteiger partial charge in [0.25, 0.3) is 0 Å². The number of fused-ring (bicyclic) bond motifs is 13. The molecule has 0 aromatic heterocycles. The van der Waals surface area contributed by atoms with Crippen molar-refractivity contribution in [2.45, 2.75) is 25.7 Å². The summed E-state index contributed by atoms with van der Waals surface area (Å²) in [5.41, 5.74) is 13.8. The van der Waals surface area contributed by atoms with E-state index in [2.05, 4.69) is 123 Å². The van der Waals surface area contributed by atoms with Gasteiger partial charge in [-0.3, -0.25) is 0 Å². The van der Waals surface area contributed by atoms with Crippen molar-refractivity contribution >= 4 is 21.5 Å². The van der Waals surface area contributed by atoms with Gasteiger partial charge in [0.15, 0.2) is 0 Å². The molecule has 0 amide bonds. The molecule has 0 radical (unpaired) electrons. The maximum absolute atomic E-state index is 2.49. The van der Waals surface area contributed by atoms with Gasteiger partial charge in [-0.1, -0.05) is 115 Å². The van der Waals surface area contributed by atoms with E-state index in [1.165, 1.54) is 77.2 Å². The Morgan fingerprint density at radius 3 is 2.19 bits per heavy atom. The molecule has 0 saturated heterocycles. The van der Waals surface area contributed by atoms with Crippen LogP contribution in [-0.4, -0.2) is 0 Å². The molecule has 170 valence electrons. The van der Waals surface area contributed by atoms with Crippen LogP contribution < -0.4 is 0 Å². The van der Waals surface area contributed by atoms with Gasteiger partial charge in [0.1, 0.15) is 0 Å². The molecule has 36 heavy (non-hydrogen) atoms. The van der Waals surface area contributed by atoms with Crippen LogP contribution in [-0.2, 0) is 11.8 Å². The Morgan fingerprint density at radius 2 is 1.31 bits per heavy atom. The summed E-state index contributed by atoms with van der Waals surface area (Å²) in [6, 6.07) is 41.4. The third kappa shape index (κ3) is 2.35. The van der Waals surface area contributed by atoms with Crippen molar-refractivity contribution in [2.24, 2.45) is 0 Å². The van der Waals surface area contributed by atoms with E-state index in [1.807, 2.05) is 0 Å². The lowest BCUT2D eigenvalue weighted by atomic mass is 9.61. The quantitative estimate of drug-likeness (QED) is 0.213. The fourth-order valence-corrected chi connectivity index (χ4v) is 7.31. The smallest absolute Gasteiger partial charge is 0.0620 e. The predicted molar refractivity (Wildman–Crippen MR) is 151 cm³/mol. The van der Waals surface area contributed by atoms with E-state index in [9.17, 15) is 0 Å². The zero-order valence-corrected chi connectivity index (χ0v) is 20.6. The van der Waals surface area contributed by atoms with Crippen LogP contribution in [0.5, 0.6) is 0 Å². The van der Waals surface area contributed by atoms with Crippen LogP contribution in [0.2, 0.25) is 0 Å². The van der Waals surface area contributed by atoms with Gasteiger partial charge in [-0.15, -0.1) is 0 Å². The Hall–Kier alpha value is -4.16. The van der Waals surface area contributed by atoms with Gasteiger partial charge in [0.2, 0.25) is 0 Å². The van der Waals surface area contributed by atoms with Crippen LogP contribution >= 0.6 is 0 Å². The Kier molecular flexibility index (Phi) is 3.88. The maximum atomic E-state index is 2.49. The van der Waals surface area contributed by atoms with Crippen LogP contribution in [0.3, 0.4) is 0 Å². The van der Waals surface area contributed by atoms with E-state index >= 15 is 0 Å². The second-order valence-electron chi connectivity index (χ2n) is 10.6. The van der Waals surface area contributed by atoms with Gasteiger partial charge >= 0.3 is 0 Å². The highest BCUT2D eigenvalue weighted by Crippen LogP contribution is 2.61. The Morgan fingerprint density at radius 1 is 0.556 bits per heavy atom. The molecule has 0 N–H and O–H groups in total. The molecule has 1 spiro atoms. The maximum Gasteiger partial charge on any atom is 0.0719 e. The van der Waals surface area contributed by atoms with Gasteiger partial charge in [0.05, 0.1) is 5.41 Å². The monoisotopic (exact) mass is 458 g/mol. The normalized spacial score (nSPS) is 17.2. The standard InChI is InChI=1S/C36H26/c1-22-15-17-29-33(19-22)36(34-20-23(2)26-11-6-7-13-28(26)35(29)34)31-14-8-4-10-25(31)21-30-27-12-5-3-9-24(27)16-18-32(30)36/h3-20H,21H2,1-2H3.